The fourth-order valence-electron chi connectivity index (χ4n) is 9.26. The first-order valence-electron chi connectivity index (χ1n) is 17.9. The second-order valence-electron chi connectivity index (χ2n) is 15.7. The maximum atomic E-state index is 16.4. The molecule has 1 saturated heterocycles. The zero-order chi connectivity index (χ0) is 31.0. The number of nitrogens with one attached hydrogen (secondary N) is 2. The van der Waals surface area contributed by atoms with Crippen LogP contribution < -0.4 is 10.6 Å². The summed E-state index contributed by atoms with van der Waals surface area (Å²) in [6.45, 7) is 13.1. The summed E-state index contributed by atoms with van der Waals surface area (Å²) in [7, 11) is 0. The van der Waals surface area contributed by atoms with E-state index in [0.29, 0.717) is 48.9 Å². The summed E-state index contributed by atoms with van der Waals surface area (Å²) in [5, 5.41) is 7.24. The van der Waals surface area contributed by atoms with Gasteiger partial charge in [0.25, 0.3) is 5.92 Å². The Hall–Kier alpha value is -1.79. The first kappa shape index (κ1) is 32.2. The Morgan fingerprint density at radius 3 is 2.68 bits per heavy atom. The van der Waals surface area contributed by atoms with Gasteiger partial charge in [-0.15, -0.1) is 0 Å². The fraction of sp³-hybridized carbons (Fsp3) is 0.763. The van der Waals surface area contributed by atoms with Gasteiger partial charge in [-0.2, -0.15) is 0 Å². The minimum atomic E-state index is -2.80. The predicted octanol–water partition coefficient (Wildman–Crippen LogP) is 8.63. The van der Waals surface area contributed by atoms with E-state index in [9.17, 15) is 0 Å². The summed E-state index contributed by atoms with van der Waals surface area (Å²) in [4.78, 5) is 5.03. The Morgan fingerprint density at radius 2 is 1.98 bits per heavy atom. The number of hydrogen-bond acceptors (Lipinski definition) is 4. The van der Waals surface area contributed by atoms with Crippen molar-refractivity contribution in [1.82, 2.24) is 10.6 Å². The average Bonchev–Trinajstić information content (AvgIpc) is 3.93. The molecule has 0 aromatic rings. The summed E-state index contributed by atoms with van der Waals surface area (Å²) >= 11 is 0. The molecule has 6 heteroatoms. The Morgan fingerprint density at radius 1 is 1.16 bits per heavy atom. The third-order valence-electron chi connectivity index (χ3n) is 12.3. The van der Waals surface area contributed by atoms with Gasteiger partial charge in [0.05, 0.1) is 6.67 Å². The highest BCUT2D eigenvalue weighted by molar-refractivity contribution is 5.95. The standard InChI is InChI=1S/C38H57F2N3O/c1-5-8-29-16-17-35-37(4,33-22-44-34(30-14-15-30)20-32(33)38(35,39)40)23-36(3,26(29)2)24-42-25-43-31(19-27-12-13-27)11-6-9-28-10-7-18-41-21-28/h6,11-13,20,26-30,35,41-42H,5,7-10,14-19,21-25H2,1-4H3/b11-6-,43-31?. The van der Waals surface area contributed by atoms with E-state index in [1.807, 2.05) is 0 Å². The van der Waals surface area contributed by atoms with Crippen molar-refractivity contribution in [1.29, 1.82) is 0 Å². The lowest BCUT2D eigenvalue weighted by atomic mass is 9.55. The van der Waals surface area contributed by atoms with Gasteiger partial charge < -0.3 is 10.1 Å². The molecule has 6 unspecified atom stereocenters. The number of piperidine rings is 1. The van der Waals surface area contributed by atoms with E-state index in [1.54, 1.807) is 6.08 Å². The molecule has 2 N–H and O–H groups in total. The number of nitrogens with zero attached hydrogens (tertiary/aromatic N) is 1. The highest BCUT2D eigenvalue weighted by atomic mass is 19.3. The molecule has 4 aliphatic carbocycles. The fourth-order valence-corrected chi connectivity index (χ4v) is 9.26. The molecule has 3 fully saturated rings. The quantitative estimate of drug-likeness (QED) is 0.132. The largest absolute Gasteiger partial charge is 0.493 e. The van der Waals surface area contributed by atoms with Crippen LogP contribution in [0.15, 0.2) is 52.3 Å². The first-order valence-corrected chi connectivity index (χ1v) is 17.9. The number of fused-ring (bicyclic) bond motifs is 2. The summed E-state index contributed by atoms with van der Waals surface area (Å²) in [6.07, 6.45) is 22.0. The number of alkyl halides is 2. The second-order valence-corrected chi connectivity index (χ2v) is 15.7. The zero-order valence-electron chi connectivity index (χ0n) is 27.8. The van der Waals surface area contributed by atoms with Crippen LogP contribution in [-0.4, -0.2) is 44.5 Å². The zero-order valence-corrected chi connectivity index (χ0v) is 27.8. The van der Waals surface area contributed by atoms with Crippen LogP contribution in [0.5, 0.6) is 0 Å². The number of halogens is 2. The molecule has 0 radical (unpaired) electrons. The van der Waals surface area contributed by atoms with Crippen LogP contribution in [0.1, 0.15) is 98.3 Å². The summed E-state index contributed by atoms with van der Waals surface area (Å²) in [5.74, 6) is -0.146. The van der Waals surface area contributed by atoms with Crippen LogP contribution in [0.4, 0.5) is 8.78 Å². The Balaban J connectivity index is 1.18. The topological polar surface area (TPSA) is 45.6 Å². The van der Waals surface area contributed by atoms with Crippen molar-refractivity contribution < 1.29 is 13.5 Å². The van der Waals surface area contributed by atoms with E-state index in [4.69, 9.17) is 9.73 Å². The van der Waals surface area contributed by atoms with Crippen molar-refractivity contribution in [3.05, 3.63) is 47.3 Å². The van der Waals surface area contributed by atoms with Gasteiger partial charge in [0, 0.05) is 41.0 Å². The van der Waals surface area contributed by atoms with E-state index in [-0.39, 0.29) is 5.41 Å². The molecule has 2 aliphatic heterocycles. The number of aliphatic imine (C=N–C) groups is 1. The lowest BCUT2D eigenvalue weighted by molar-refractivity contribution is -0.0789. The van der Waals surface area contributed by atoms with E-state index >= 15 is 8.78 Å². The molecule has 6 rings (SSSR count). The summed E-state index contributed by atoms with van der Waals surface area (Å²) in [5.41, 5.74) is 1.62. The smallest absolute Gasteiger partial charge is 0.277 e. The van der Waals surface area contributed by atoms with Gasteiger partial charge in [-0.3, -0.25) is 10.3 Å². The van der Waals surface area contributed by atoms with Crippen molar-refractivity contribution in [3.8, 4) is 0 Å². The van der Waals surface area contributed by atoms with Crippen molar-refractivity contribution in [2.75, 3.05) is 32.9 Å². The van der Waals surface area contributed by atoms with Crippen LogP contribution in [0.2, 0.25) is 0 Å². The Labute approximate surface area is 265 Å². The van der Waals surface area contributed by atoms with Gasteiger partial charge >= 0.3 is 0 Å². The molecule has 6 atom stereocenters. The first-order chi connectivity index (χ1) is 21.1. The Kier molecular flexibility index (Phi) is 9.60. The molecule has 2 heterocycles. The number of allylic oxidation sites excluding steroid dienone is 7. The predicted molar refractivity (Wildman–Crippen MR) is 177 cm³/mol. The molecule has 0 aromatic heterocycles. The van der Waals surface area contributed by atoms with Crippen LogP contribution >= 0.6 is 0 Å². The van der Waals surface area contributed by atoms with E-state index in [2.05, 4.69) is 62.6 Å². The molecule has 2 saturated carbocycles. The molecule has 0 amide bonds. The maximum Gasteiger partial charge on any atom is 0.277 e. The normalized spacial score (nSPS) is 37.3. The molecule has 0 aromatic carbocycles. The van der Waals surface area contributed by atoms with Crippen LogP contribution in [-0.2, 0) is 4.74 Å². The SMILES string of the molecule is CCCC1CCC2C(F)(F)C3=C(COC(C4CC4)=C3)C2(C)CC(C)(CNCN=C(/C=C\CC2CCCNC2)CC2C=C2)C1C. The molecular formula is C38H57F2N3O. The van der Waals surface area contributed by atoms with Gasteiger partial charge in [-0.25, -0.2) is 8.78 Å². The molecule has 0 spiro atoms. The second kappa shape index (κ2) is 13.1. The lowest BCUT2D eigenvalue weighted by Gasteiger charge is -2.50. The van der Waals surface area contributed by atoms with Gasteiger partial charge in [-0.1, -0.05) is 58.8 Å². The van der Waals surface area contributed by atoms with Crippen LogP contribution in [0, 0.1) is 46.3 Å². The molecule has 0 bridgehead atoms. The Bertz CT molecular complexity index is 1190. The summed E-state index contributed by atoms with van der Waals surface area (Å²) in [6, 6.07) is 0. The average molecular weight is 610 g/mol. The number of hydrogen-bond donors (Lipinski definition) is 2. The van der Waals surface area contributed by atoms with E-state index < -0.39 is 17.3 Å². The molecule has 44 heavy (non-hydrogen) atoms. The van der Waals surface area contributed by atoms with E-state index in [0.717, 1.165) is 94.0 Å². The highest BCUT2D eigenvalue weighted by Crippen LogP contribution is 2.65. The number of ether oxygens (including phenoxy) is 1. The van der Waals surface area contributed by atoms with Gasteiger partial charge in [0.2, 0.25) is 0 Å². The monoisotopic (exact) mass is 609 g/mol. The van der Waals surface area contributed by atoms with Crippen LogP contribution in [0.3, 0.4) is 0 Å². The van der Waals surface area contributed by atoms with Gasteiger partial charge in [0.15, 0.2) is 0 Å². The minimum absolute atomic E-state index is 0.135. The third kappa shape index (κ3) is 6.82. The number of rotatable bonds is 12. The molecule has 6 aliphatic rings. The van der Waals surface area contributed by atoms with Crippen molar-refractivity contribution in [3.63, 3.8) is 0 Å². The maximum absolute atomic E-state index is 16.4. The van der Waals surface area contributed by atoms with Crippen molar-refractivity contribution >= 4 is 5.71 Å². The minimum Gasteiger partial charge on any atom is -0.493 e. The van der Waals surface area contributed by atoms with Crippen molar-refractivity contribution in [2.24, 2.45) is 51.3 Å². The molecular weight excluding hydrogens is 552 g/mol. The van der Waals surface area contributed by atoms with Crippen molar-refractivity contribution in [2.45, 2.75) is 104 Å². The third-order valence-corrected chi connectivity index (χ3v) is 12.3. The van der Waals surface area contributed by atoms with Gasteiger partial charge in [-0.05, 0) is 112 Å². The lowest BCUT2D eigenvalue weighted by Crippen LogP contribution is -2.49. The molecule has 4 nitrogen and oxygen atoms in total. The molecule has 244 valence electrons. The van der Waals surface area contributed by atoms with E-state index in [1.165, 1.54) is 12.8 Å². The summed E-state index contributed by atoms with van der Waals surface area (Å²) < 4.78 is 39.0. The van der Waals surface area contributed by atoms with Crippen LogP contribution in [0.25, 0.3) is 0 Å². The van der Waals surface area contributed by atoms with Gasteiger partial charge in [0.1, 0.15) is 12.4 Å². The highest BCUT2D eigenvalue weighted by Gasteiger charge is 2.64.